The van der Waals surface area contributed by atoms with Crippen LogP contribution in [0.15, 0.2) is 28.2 Å². The van der Waals surface area contributed by atoms with Crippen LogP contribution in [-0.4, -0.2) is 15.8 Å². The molecule has 7 heteroatoms. The zero-order chi connectivity index (χ0) is 17.9. The Morgan fingerprint density at radius 3 is 2.72 bits per heavy atom. The average Bonchev–Trinajstić information content (AvgIpc) is 2.89. The second kappa shape index (κ2) is 5.29. The number of aromatic nitrogens is 2. The smallest absolute Gasteiger partial charge is 0.258 e. The van der Waals surface area contributed by atoms with Crippen molar-refractivity contribution in [3.8, 4) is 0 Å². The maximum absolute atomic E-state index is 13.0. The lowest BCUT2D eigenvalue weighted by molar-refractivity contribution is -0.118. The standard InChI is InChI=1S/C18H20N4O2S/c1-8-4-5-11(25-8)13-12-9(6-18(2,3)7-10(12)23)20-15-14(13)16(24)22-17(19)21-15/h4-5,13H,6-7H2,1-3H3,(H4,19,20,21,22,24)/t13-/m0/s1. The zero-order valence-electron chi connectivity index (χ0n) is 14.4. The monoisotopic (exact) mass is 356 g/mol. The number of hydrogen-bond donors (Lipinski definition) is 3. The summed E-state index contributed by atoms with van der Waals surface area (Å²) in [6.45, 7) is 6.17. The van der Waals surface area contributed by atoms with Gasteiger partial charge in [-0.2, -0.15) is 4.98 Å². The lowest BCUT2D eigenvalue weighted by Crippen LogP contribution is -2.36. The number of aromatic amines is 1. The molecule has 2 aromatic rings. The van der Waals surface area contributed by atoms with Gasteiger partial charge in [-0.15, -0.1) is 11.3 Å². The third kappa shape index (κ3) is 2.59. The largest absolute Gasteiger partial charge is 0.369 e. The topological polar surface area (TPSA) is 101 Å². The van der Waals surface area contributed by atoms with Crippen LogP contribution >= 0.6 is 11.3 Å². The summed E-state index contributed by atoms with van der Waals surface area (Å²) in [4.78, 5) is 34.6. The highest BCUT2D eigenvalue weighted by molar-refractivity contribution is 7.12. The number of ketones is 1. The van der Waals surface area contributed by atoms with Gasteiger partial charge >= 0.3 is 0 Å². The van der Waals surface area contributed by atoms with E-state index in [9.17, 15) is 9.59 Å². The molecule has 6 nitrogen and oxygen atoms in total. The van der Waals surface area contributed by atoms with Crippen molar-refractivity contribution in [1.82, 2.24) is 9.97 Å². The molecule has 0 saturated heterocycles. The number of rotatable bonds is 1. The number of nitrogens with two attached hydrogens (primary N) is 1. The summed E-state index contributed by atoms with van der Waals surface area (Å²) in [6, 6.07) is 4.01. The first-order chi connectivity index (χ1) is 11.7. The Balaban J connectivity index is 1.99. The molecule has 2 aliphatic rings. The number of thiophene rings is 1. The van der Waals surface area contributed by atoms with Gasteiger partial charge in [0.15, 0.2) is 5.78 Å². The number of fused-ring (bicyclic) bond motifs is 1. The lowest BCUT2D eigenvalue weighted by atomic mass is 9.70. The van der Waals surface area contributed by atoms with Gasteiger partial charge in [0.1, 0.15) is 5.82 Å². The van der Waals surface area contributed by atoms with Crippen LogP contribution in [0.2, 0.25) is 0 Å². The molecule has 3 heterocycles. The molecule has 25 heavy (non-hydrogen) atoms. The molecule has 0 saturated carbocycles. The zero-order valence-corrected chi connectivity index (χ0v) is 15.2. The van der Waals surface area contributed by atoms with Gasteiger partial charge < -0.3 is 11.1 Å². The van der Waals surface area contributed by atoms with Gasteiger partial charge in [0.25, 0.3) is 5.56 Å². The Morgan fingerprint density at radius 2 is 2.04 bits per heavy atom. The summed E-state index contributed by atoms with van der Waals surface area (Å²) >= 11 is 1.60. The summed E-state index contributed by atoms with van der Waals surface area (Å²) < 4.78 is 0. The molecule has 0 aromatic carbocycles. The molecule has 0 fully saturated rings. The lowest BCUT2D eigenvalue weighted by Gasteiger charge is -2.38. The fraction of sp³-hybridized carbons (Fsp3) is 0.389. The van der Waals surface area contributed by atoms with Gasteiger partial charge in [0, 0.05) is 27.4 Å². The first kappa shape index (κ1) is 16.1. The highest BCUT2D eigenvalue weighted by atomic mass is 32.1. The number of carbonyl (C=O) groups is 1. The molecular weight excluding hydrogens is 336 g/mol. The number of nitrogens with one attached hydrogen (secondary N) is 2. The third-order valence-electron chi connectivity index (χ3n) is 4.79. The highest BCUT2D eigenvalue weighted by Gasteiger charge is 2.42. The van der Waals surface area contributed by atoms with Crippen molar-refractivity contribution < 1.29 is 4.79 Å². The predicted molar refractivity (Wildman–Crippen MR) is 98.8 cm³/mol. The van der Waals surface area contributed by atoms with Crippen LogP contribution in [0, 0.1) is 12.3 Å². The number of carbonyl (C=O) groups excluding carboxylic acids is 1. The Kier molecular flexibility index (Phi) is 3.40. The Labute approximate surface area is 149 Å². The van der Waals surface area contributed by atoms with E-state index in [4.69, 9.17) is 5.73 Å². The van der Waals surface area contributed by atoms with Crippen LogP contribution in [0.25, 0.3) is 0 Å². The van der Waals surface area contributed by atoms with E-state index in [1.165, 1.54) is 0 Å². The van der Waals surface area contributed by atoms with Crippen LogP contribution < -0.4 is 16.6 Å². The summed E-state index contributed by atoms with van der Waals surface area (Å²) in [5.74, 6) is 0.242. The van der Waals surface area contributed by atoms with E-state index in [0.29, 0.717) is 23.4 Å². The van der Waals surface area contributed by atoms with Crippen molar-refractivity contribution in [2.24, 2.45) is 5.41 Å². The van der Waals surface area contributed by atoms with E-state index in [0.717, 1.165) is 21.9 Å². The van der Waals surface area contributed by atoms with E-state index in [-0.39, 0.29) is 28.6 Å². The Hall–Kier alpha value is -2.41. The van der Waals surface area contributed by atoms with Crippen LogP contribution in [0.4, 0.5) is 11.8 Å². The molecule has 130 valence electrons. The van der Waals surface area contributed by atoms with E-state index in [1.807, 2.05) is 19.1 Å². The fourth-order valence-corrected chi connectivity index (χ4v) is 4.82. The van der Waals surface area contributed by atoms with Crippen LogP contribution in [0.3, 0.4) is 0 Å². The maximum Gasteiger partial charge on any atom is 0.258 e. The molecule has 0 radical (unpaired) electrons. The van der Waals surface area contributed by atoms with Crippen molar-refractivity contribution in [2.75, 3.05) is 11.1 Å². The van der Waals surface area contributed by atoms with Crippen molar-refractivity contribution in [1.29, 1.82) is 0 Å². The molecule has 0 amide bonds. The van der Waals surface area contributed by atoms with E-state index < -0.39 is 0 Å². The molecule has 2 aromatic heterocycles. The van der Waals surface area contributed by atoms with Crippen molar-refractivity contribution in [3.63, 3.8) is 0 Å². The minimum Gasteiger partial charge on any atom is -0.369 e. The summed E-state index contributed by atoms with van der Waals surface area (Å²) in [5.41, 5.74) is 7.35. The normalized spacial score (nSPS) is 21.6. The predicted octanol–water partition coefficient (Wildman–Crippen LogP) is 2.92. The van der Waals surface area contributed by atoms with Crippen LogP contribution in [0.1, 0.15) is 47.9 Å². The molecule has 4 N–H and O–H groups in total. The van der Waals surface area contributed by atoms with Gasteiger partial charge in [-0.1, -0.05) is 13.8 Å². The first-order valence-electron chi connectivity index (χ1n) is 8.24. The second-order valence-corrected chi connectivity index (χ2v) is 8.87. The minimum atomic E-state index is -0.384. The molecular formula is C18H20N4O2S. The van der Waals surface area contributed by atoms with E-state index >= 15 is 0 Å². The molecule has 4 rings (SSSR count). The van der Waals surface area contributed by atoms with Crippen molar-refractivity contribution in [2.45, 2.75) is 39.5 Å². The first-order valence-corrected chi connectivity index (χ1v) is 9.06. The number of Topliss-reactive ketones (excluding diaryl/α,β-unsaturated/α-hetero) is 1. The number of nitrogen functional groups attached to an aromatic ring is 1. The molecule has 0 spiro atoms. The molecule has 1 atom stereocenters. The minimum absolute atomic E-state index is 0.0720. The summed E-state index contributed by atoms with van der Waals surface area (Å²) in [6.07, 6.45) is 1.22. The van der Waals surface area contributed by atoms with Gasteiger partial charge in [0.2, 0.25) is 5.95 Å². The molecule has 0 bridgehead atoms. The number of hydrogen-bond acceptors (Lipinski definition) is 6. The molecule has 1 aliphatic carbocycles. The SMILES string of the molecule is Cc1ccc([C@H]2C3=C(CC(C)(C)CC3=O)Nc3nc(N)[nH]c(=O)c32)s1. The van der Waals surface area contributed by atoms with E-state index in [2.05, 4.69) is 29.1 Å². The van der Waals surface area contributed by atoms with Gasteiger partial charge in [-0.25, -0.2) is 0 Å². The van der Waals surface area contributed by atoms with Crippen LogP contribution in [-0.2, 0) is 4.79 Å². The number of anilines is 2. The molecule has 1 aliphatic heterocycles. The van der Waals surface area contributed by atoms with Crippen molar-refractivity contribution >= 4 is 28.9 Å². The van der Waals surface area contributed by atoms with Gasteiger partial charge in [-0.3, -0.25) is 14.6 Å². The number of allylic oxidation sites excluding steroid dienone is 2. The maximum atomic E-state index is 13.0. The molecule has 0 unspecified atom stereocenters. The van der Waals surface area contributed by atoms with Gasteiger partial charge in [-0.05, 0) is 30.9 Å². The number of aryl methyl sites for hydroxylation is 1. The van der Waals surface area contributed by atoms with Crippen LogP contribution in [0.5, 0.6) is 0 Å². The van der Waals surface area contributed by atoms with Crippen molar-refractivity contribution in [3.05, 3.63) is 49.1 Å². The van der Waals surface area contributed by atoms with E-state index in [1.54, 1.807) is 11.3 Å². The Morgan fingerprint density at radius 1 is 1.28 bits per heavy atom. The third-order valence-corrected chi connectivity index (χ3v) is 5.85. The highest BCUT2D eigenvalue weighted by Crippen LogP contribution is 2.48. The fourth-order valence-electron chi connectivity index (χ4n) is 3.82. The number of nitrogens with zero attached hydrogens (tertiary/aromatic N) is 1. The number of H-pyrrole nitrogens is 1. The van der Waals surface area contributed by atoms with Gasteiger partial charge in [0.05, 0.1) is 11.5 Å². The second-order valence-electron chi connectivity index (χ2n) is 7.55. The average molecular weight is 356 g/mol. The Bertz CT molecular complexity index is 983. The quantitative estimate of drug-likeness (QED) is 0.729. The summed E-state index contributed by atoms with van der Waals surface area (Å²) in [7, 11) is 0. The summed E-state index contributed by atoms with van der Waals surface area (Å²) in [5, 5.41) is 3.23.